The van der Waals surface area contributed by atoms with Crippen LogP contribution in [-0.2, 0) is 12.6 Å². The molecule has 0 amide bonds. The Bertz CT molecular complexity index is 1210. The van der Waals surface area contributed by atoms with Crippen molar-refractivity contribution in [3.8, 4) is 0 Å². The summed E-state index contributed by atoms with van der Waals surface area (Å²) in [4.78, 5) is 20.8. The Hall–Kier alpha value is -3.68. The first-order valence-electron chi connectivity index (χ1n) is 9.15. The Morgan fingerprint density at radius 2 is 1.87 bits per heavy atom. The summed E-state index contributed by atoms with van der Waals surface area (Å²) in [5, 5.41) is 3.21. The average molecular weight is 410 g/mol. The lowest BCUT2D eigenvalue weighted by molar-refractivity contribution is -0.138. The smallest absolute Gasteiger partial charge is 0.340 e. The summed E-state index contributed by atoms with van der Waals surface area (Å²) in [5.74, 6) is 0.491. The monoisotopic (exact) mass is 410 g/mol. The minimum absolute atomic E-state index is 0.101. The lowest BCUT2D eigenvalue weighted by Crippen LogP contribution is -2.10. The van der Waals surface area contributed by atoms with Crippen molar-refractivity contribution in [1.82, 2.24) is 14.4 Å². The number of benzene rings is 2. The number of nitrogens with one attached hydrogen (secondary N) is 1. The molecule has 5 nitrogen and oxygen atoms in total. The molecule has 0 spiro atoms. The Morgan fingerprint density at radius 1 is 1.10 bits per heavy atom. The zero-order chi connectivity index (χ0) is 21.3. The Kier molecular flexibility index (Phi) is 4.99. The van der Waals surface area contributed by atoms with Gasteiger partial charge in [0.15, 0.2) is 11.4 Å². The fourth-order valence-corrected chi connectivity index (χ4v) is 3.19. The summed E-state index contributed by atoms with van der Waals surface area (Å²) in [5.41, 5.74) is 1.63. The van der Waals surface area contributed by atoms with Crippen LogP contribution >= 0.6 is 0 Å². The number of nitrogens with zero attached hydrogens (tertiary/aromatic N) is 3. The van der Waals surface area contributed by atoms with Crippen LogP contribution in [0.4, 0.5) is 24.7 Å². The van der Waals surface area contributed by atoms with E-state index in [2.05, 4.69) is 15.3 Å². The number of carbonyl (C=O) groups excluding carboxylic acids is 1. The lowest BCUT2D eigenvalue weighted by Gasteiger charge is -2.12. The van der Waals surface area contributed by atoms with Crippen LogP contribution in [0.1, 0.15) is 27.0 Å². The summed E-state index contributed by atoms with van der Waals surface area (Å²) >= 11 is 0. The van der Waals surface area contributed by atoms with E-state index < -0.39 is 11.7 Å². The molecule has 0 aliphatic heterocycles. The minimum Gasteiger partial charge on any atom is -0.340 e. The first-order chi connectivity index (χ1) is 14.3. The summed E-state index contributed by atoms with van der Waals surface area (Å²) in [6, 6.07) is 10.8. The minimum atomic E-state index is -4.44. The van der Waals surface area contributed by atoms with E-state index in [1.165, 1.54) is 13.0 Å². The highest BCUT2D eigenvalue weighted by Gasteiger charge is 2.32. The number of carbonyl (C=O) groups is 1. The fraction of sp³-hybridized carbons (Fsp3) is 0.136. The van der Waals surface area contributed by atoms with E-state index in [1.807, 2.05) is 4.40 Å². The quantitative estimate of drug-likeness (QED) is 0.458. The van der Waals surface area contributed by atoms with Gasteiger partial charge in [0.1, 0.15) is 5.82 Å². The number of fused-ring (bicyclic) bond motifs is 1. The molecule has 0 aliphatic rings. The van der Waals surface area contributed by atoms with Crippen LogP contribution in [0.5, 0.6) is 0 Å². The first kappa shape index (κ1) is 19.6. The predicted octanol–water partition coefficient (Wildman–Crippen LogP) is 5.23. The van der Waals surface area contributed by atoms with E-state index in [9.17, 15) is 18.0 Å². The number of rotatable bonds is 5. The van der Waals surface area contributed by atoms with Crippen LogP contribution in [0.15, 0.2) is 67.3 Å². The number of alkyl halides is 3. The molecule has 0 fully saturated rings. The number of hydrogen-bond acceptors (Lipinski definition) is 4. The lowest BCUT2D eigenvalue weighted by atomic mass is 9.98. The standard InChI is InChI=1S/C22H17F3N4O/c1-14-2-3-15(10-18(14)22(23,24)25)11-19(30)16-4-6-17(7-5-16)28-21-13-27-20-12-26-8-9-29(20)21/h2-10,12-13,28H,11H2,1H3. The van der Waals surface area contributed by atoms with E-state index in [1.54, 1.807) is 55.1 Å². The number of imidazole rings is 1. The first-order valence-corrected chi connectivity index (χ1v) is 9.15. The molecule has 2 aromatic carbocycles. The second-order valence-corrected chi connectivity index (χ2v) is 6.90. The van der Waals surface area contributed by atoms with Crippen molar-refractivity contribution in [1.29, 1.82) is 0 Å². The van der Waals surface area contributed by atoms with Gasteiger partial charge in [-0.3, -0.25) is 14.2 Å². The van der Waals surface area contributed by atoms with Crippen molar-refractivity contribution in [2.24, 2.45) is 0 Å². The Labute approximate surface area is 170 Å². The normalized spacial score (nSPS) is 11.6. The molecule has 0 saturated heterocycles. The third-order valence-electron chi connectivity index (χ3n) is 4.77. The Balaban J connectivity index is 1.48. The number of aryl methyl sites for hydroxylation is 1. The van der Waals surface area contributed by atoms with Gasteiger partial charge in [0.05, 0.1) is 18.0 Å². The zero-order valence-electron chi connectivity index (χ0n) is 15.9. The second-order valence-electron chi connectivity index (χ2n) is 6.90. The molecule has 4 aromatic rings. The average Bonchev–Trinajstić information content (AvgIpc) is 3.12. The van der Waals surface area contributed by atoms with Crippen LogP contribution < -0.4 is 5.32 Å². The number of ketones is 1. The molecule has 2 aromatic heterocycles. The highest BCUT2D eigenvalue weighted by molar-refractivity contribution is 5.97. The molecule has 0 saturated carbocycles. The molecule has 0 unspecified atom stereocenters. The number of halogens is 3. The van der Waals surface area contributed by atoms with Crippen molar-refractivity contribution in [3.05, 3.63) is 89.5 Å². The number of hydrogen-bond donors (Lipinski definition) is 1. The van der Waals surface area contributed by atoms with Crippen molar-refractivity contribution in [2.45, 2.75) is 19.5 Å². The molecule has 0 atom stereocenters. The second kappa shape index (κ2) is 7.62. The molecule has 152 valence electrons. The van der Waals surface area contributed by atoms with E-state index in [0.717, 1.165) is 17.6 Å². The van der Waals surface area contributed by atoms with Gasteiger partial charge >= 0.3 is 6.18 Å². The summed E-state index contributed by atoms with van der Waals surface area (Å²) in [6.07, 6.45) is 2.20. The van der Waals surface area contributed by atoms with Gasteiger partial charge in [-0.05, 0) is 48.4 Å². The van der Waals surface area contributed by atoms with Gasteiger partial charge in [0, 0.05) is 30.1 Å². The molecule has 2 heterocycles. The molecule has 8 heteroatoms. The van der Waals surface area contributed by atoms with Crippen molar-refractivity contribution >= 4 is 22.9 Å². The van der Waals surface area contributed by atoms with Gasteiger partial charge in [0.25, 0.3) is 0 Å². The molecule has 0 bridgehead atoms. The molecular formula is C22H17F3N4O. The van der Waals surface area contributed by atoms with Gasteiger partial charge in [-0.2, -0.15) is 13.2 Å². The SMILES string of the molecule is Cc1ccc(CC(=O)c2ccc(Nc3cnc4cnccn34)cc2)cc1C(F)(F)F. The maximum absolute atomic E-state index is 13.1. The van der Waals surface area contributed by atoms with E-state index in [0.29, 0.717) is 16.8 Å². The fourth-order valence-electron chi connectivity index (χ4n) is 3.19. The predicted molar refractivity (Wildman–Crippen MR) is 107 cm³/mol. The van der Waals surface area contributed by atoms with Crippen LogP contribution in [0.3, 0.4) is 0 Å². The highest BCUT2D eigenvalue weighted by Crippen LogP contribution is 2.32. The molecule has 0 aliphatic carbocycles. The maximum Gasteiger partial charge on any atom is 0.416 e. The van der Waals surface area contributed by atoms with Gasteiger partial charge in [-0.1, -0.05) is 12.1 Å². The largest absolute Gasteiger partial charge is 0.416 e. The summed E-state index contributed by atoms with van der Waals surface area (Å²) < 4.78 is 41.1. The van der Waals surface area contributed by atoms with Crippen molar-refractivity contribution < 1.29 is 18.0 Å². The molecular weight excluding hydrogens is 393 g/mol. The van der Waals surface area contributed by atoms with Crippen LogP contribution in [0.2, 0.25) is 0 Å². The van der Waals surface area contributed by atoms with Gasteiger partial charge in [0.2, 0.25) is 0 Å². The summed E-state index contributed by atoms with van der Waals surface area (Å²) in [6.45, 7) is 1.40. The van der Waals surface area contributed by atoms with Gasteiger partial charge in [-0.15, -0.1) is 0 Å². The number of anilines is 2. The van der Waals surface area contributed by atoms with Gasteiger partial charge < -0.3 is 5.32 Å². The van der Waals surface area contributed by atoms with E-state index >= 15 is 0 Å². The van der Waals surface area contributed by atoms with Crippen LogP contribution in [0, 0.1) is 6.92 Å². The van der Waals surface area contributed by atoms with Crippen molar-refractivity contribution in [3.63, 3.8) is 0 Å². The van der Waals surface area contributed by atoms with Gasteiger partial charge in [-0.25, -0.2) is 4.98 Å². The topological polar surface area (TPSA) is 59.3 Å². The Morgan fingerprint density at radius 3 is 2.60 bits per heavy atom. The maximum atomic E-state index is 13.1. The third kappa shape index (κ3) is 4.03. The van der Waals surface area contributed by atoms with E-state index in [-0.39, 0.29) is 17.8 Å². The zero-order valence-corrected chi connectivity index (χ0v) is 15.9. The third-order valence-corrected chi connectivity index (χ3v) is 4.77. The van der Waals surface area contributed by atoms with Crippen molar-refractivity contribution in [2.75, 3.05) is 5.32 Å². The molecule has 0 radical (unpaired) electrons. The molecule has 1 N–H and O–H groups in total. The number of aromatic nitrogens is 3. The molecule has 30 heavy (non-hydrogen) atoms. The number of Topliss-reactive ketones (excluding diaryl/α,β-unsaturated/α-hetero) is 1. The molecule has 4 rings (SSSR count). The highest BCUT2D eigenvalue weighted by atomic mass is 19.4. The van der Waals surface area contributed by atoms with Crippen LogP contribution in [0.25, 0.3) is 5.65 Å². The van der Waals surface area contributed by atoms with E-state index in [4.69, 9.17) is 0 Å². The van der Waals surface area contributed by atoms with Crippen LogP contribution in [-0.4, -0.2) is 20.2 Å². The summed E-state index contributed by atoms with van der Waals surface area (Å²) in [7, 11) is 0.